The third kappa shape index (κ3) is 4.75. The summed E-state index contributed by atoms with van der Waals surface area (Å²) in [6, 6.07) is 12.0. The number of rotatable bonds is 6. The smallest absolute Gasteiger partial charge is 0.266 e. The van der Waals surface area contributed by atoms with Gasteiger partial charge in [0.05, 0.1) is 18.6 Å². The van der Waals surface area contributed by atoms with E-state index < -0.39 is 0 Å². The second-order valence-electron chi connectivity index (χ2n) is 6.04. The summed E-state index contributed by atoms with van der Waals surface area (Å²) in [5.41, 5.74) is 1.98. The van der Waals surface area contributed by atoms with Crippen molar-refractivity contribution in [1.82, 2.24) is 24.6 Å². The van der Waals surface area contributed by atoms with Crippen molar-refractivity contribution in [2.45, 2.75) is 20.0 Å². The van der Waals surface area contributed by atoms with Gasteiger partial charge in [-0.15, -0.1) is 0 Å². The van der Waals surface area contributed by atoms with Gasteiger partial charge in [0.2, 0.25) is 5.91 Å². The highest BCUT2D eigenvalue weighted by atomic mass is 16.2. The zero-order valence-electron chi connectivity index (χ0n) is 14.8. The van der Waals surface area contributed by atoms with Crippen LogP contribution in [0.1, 0.15) is 5.56 Å². The molecule has 8 heteroatoms. The minimum absolute atomic E-state index is 0.142. The predicted molar refractivity (Wildman–Crippen MR) is 100 cm³/mol. The van der Waals surface area contributed by atoms with Crippen LogP contribution < -0.4 is 16.4 Å². The molecule has 0 atom stereocenters. The fourth-order valence-electron chi connectivity index (χ4n) is 2.49. The fourth-order valence-corrected chi connectivity index (χ4v) is 2.49. The van der Waals surface area contributed by atoms with Crippen LogP contribution in [-0.2, 0) is 17.9 Å². The summed E-state index contributed by atoms with van der Waals surface area (Å²) in [7, 11) is 0. The second-order valence-corrected chi connectivity index (χ2v) is 6.04. The molecule has 0 unspecified atom stereocenters. The number of carbonyl (C=O) groups excluding carboxylic acids is 1. The van der Waals surface area contributed by atoms with Crippen LogP contribution in [-0.4, -0.2) is 31.8 Å². The van der Waals surface area contributed by atoms with E-state index in [-0.39, 0.29) is 36.7 Å². The molecule has 0 aliphatic heterocycles. The van der Waals surface area contributed by atoms with Crippen molar-refractivity contribution in [2.24, 2.45) is 0 Å². The summed E-state index contributed by atoms with van der Waals surface area (Å²) in [6.07, 6.45) is 2.87. The van der Waals surface area contributed by atoms with E-state index in [1.54, 1.807) is 6.07 Å². The molecule has 0 bridgehead atoms. The van der Waals surface area contributed by atoms with Crippen molar-refractivity contribution in [2.75, 3.05) is 6.54 Å². The molecule has 0 spiro atoms. The molecule has 8 nitrogen and oxygen atoms in total. The molecule has 0 saturated carbocycles. The molecule has 2 heterocycles. The summed E-state index contributed by atoms with van der Waals surface area (Å²) >= 11 is 0. The predicted octanol–water partition coefficient (Wildman–Crippen LogP) is 0.592. The number of carbonyl (C=O) groups is 1. The molecule has 2 aromatic heterocycles. The van der Waals surface area contributed by atoms with Gasteiger partial charge < -0.3 is 5.32 Å². The second kappa shape index (κ2) is 8.22. The highest BCUT2D eigenvalue weighted by Gasteiger charge is 2.07. The number of benzene rings is 1. The Kier molecular flexibility index (Phi) is 5.55. The molecule has 1 N–H and O–H groups in total. The van der Waals surface area contributed by atoms with Gasteiger partial charge in [0.15, 0.2) is 0 Å². The normalized spacial score (nSPS) is 10.6. The van der Waals surface area contributed by atoms with E-state index >= 15 is 0 Å². The van der Waals surface area contributed by atoms with E-state index in [1.807, 2.05) is 31.2 Å². The Hall–Kier alpha value is -3.55. The van der Waals surface area contributed by atoms with Gasteiger partial charge in [-0.25, -0.2) is 9.67 Å². The van der Waals surface area contributed by atoms with Gasteiger partial charge in [0.25, 0.3) is 11.1 Å². The Balaban J connectivity index is 1.59. The number of aromatic nitrogens is 4. The molecule has 27 heavy (non-hydrogen) atoms. The highest BCUT2D eigenvalue weighted by molar-refractivity contribution is 5.75. The average Bonchev–Trinajstić information content (AvgIpc) is 2.66. The van der Waals surface area contributed by atoms with E-state index in [2.05, 4.69) is 15.4 Å². The van der Waals surface area contributed by atoms with E-state index in [0.717, 1.165) is 11.1 Å². The van der Waals surface area contributed by atoms with Gasteiger partial charge in [-0.05, 0) is 13.0 Å². The first kappa shape index (κ1) is 18.2. The van der Waals surface area contributed by atoms with Crippen LogP contribution in [0.4, 0.5) is 0 Å². The van der Waals surface area contributed by atoms with Crippen molar-refractivity contribution >= 4 is 5.91 Å². The number of hydrogen-bond donors (Lipinski definition) is 1. The zero-order valence-corrected chi connectivity index (χ0v) is 14.8. The lowest BCUT2D eigenvalue weighted by Gasteiger charge is -2.08. The molecule has 3 aromatic rings. The maximum atomic E-state index is 12.2. The van der Waals surface area contributed by atoms with Crippen LogP contribution in [0.3, 0.4) is 0 Å². The maximum absolute atomic E-state index is 12.2. The van der Waals surface area contributed by atoms with Crippen molar-refractivity contribution in [3.63, 3.8) is 0 Å². The van der Waals surface area contributed by atoms with Crippen LogP contribution in [0, 0.1) is 6.92 Å². The Morgan fingerprint density at radius 2 is 1.89 bits per heavy atom. The van der Waals surface area contributed by atoms with E-state index in [4.69, 9.17) is 0 Å². The van der Waals surface area contributed by atoms with E-state index in [9.17, 15) is 14.4 Å². The molecule has 0 saturated heterocycles. The lowest BCUT2D eigenvalue weighted by molar-refractivity contribution is -0.121. The number of nitrogens with zero attached hydrogens (tertiary/aromatic N) is 4. The zero-order chi connectivity index (χ0) is 19.2. The SMILES string of the molecule is Cc1ccc(-c2cc(=O)n(CC(=O)NCCn3ncccc3=O)cn2)cc1. The Morgan fingerprint density at radius 3 is 2.59 bits per heavy atom. The molecule has 0 fully saturated rings. The number of nitrogens with one attached hydrogen (secondary N) is 1. The van der Waals surface area contributed by atoms with Crippen molar-refractivity contribution in [1.29, 1.82) is 0 Å². The van der Waals surface area contributed by atoms with Gasteiger partial charge in [-0.3, -0.25) is 19.0 Å². The standard InChI is InChI=1S/C19H19N5O3/c1-14-4-6-15(7-5-14)16-11-19(27)23(13-21-16)12-17(25)20-9-10-24-18(26)3-2-8-22-24/h2-8,11,13H,9-10,12H2,1H3,(H,20,25). The van der Waals surface area contributed by atoms with Gasteiger partial charge in [0, 0.05) is 30.4 Å². The van der Waals surface area contributed by atoms with Crippen LogP contribution >= 0.6 is 0 Å². The number of aryl methyl sites for hydroxylation is 1. The summed E-state index contributed by atoms with van der Waals surface area (Å²) < 4.78 is 2.49. The van der Waals surface area contributed by atoms with Gasteiger partial charge in [-0.1, -0.05) is 29.8 Å². The fraction of sp³-hybridized carbons (Fsp3) is 0.211. The van der Waals surface area contributed by atoms with Gasteiger partial charge in [-0.2, -0.15) is 5.10 Å². The first-order chi connectivity index (χ1) is 13.0. The van der Waals surface area contributed by atoms with E-state index in [1.165, 1.54) is 33.9 Å². The largest absolute Gasteiger partial charge is 0.353 e. The maximum Gasteiger partial charge on any atom is 0.266 e. The Bertz CT molecular complexity index is 1050. The molecule has 138 valence electrons. The van der Waals surface area contributed by atoms with Crippen LogP contribution in [0.25, 0.3) is 11.3 Å². The van der Waals surface area contributed by atoms with Crippen LogP contribution in [0.2, 0.25) is 0 Å². The minimum atomic E-state index is -0.342. The molecule has 0 aliphatic rings. The molecule has 0 radical (unpaired) electrons. The summed E-state index contributed by atoms with van der Waals surface area (Å²) in [5.74, 6) is -0.342. The monoisotopic (exact) mass is 365 g/mol. The highest BCUT2D eigenvalue weighted by Crippen LogP contribution is 2.15. The summed E-state index contributed by atoms with van der Waals surface area (Å²) in [4.78, 5) is 40.1. The first-order valence-electron chi connectivity index (χ1n) is 8.45. The minimum Gasteiger partial charge on any atom is -0.353 e. The first-order valence-corrected chi connectivity index (χ1v) is 8.45. The molecule has 3 rings (SSSR count). The summed E-state index contributed by atoms with van der Waals surface area (Å²) in [6.45, 7) is 2.33. The Morgan fingerprint density at radius 1 is 1.11 bits per heavy atom. The molecular formula is C19H19N5O3. The molecule has 1 amide bonds. The number of hydrogen-bond acceptors (Lipinski definition) is 5. The van der Waals surface area contributed by atoms with Crippen LogP contribution in [0.5, 0.6) is 0 Å². The van der Waals surface area contributed by atoms with Crippen molar-refractivity contribution < 1.29 is 4.79 Å². The Labute approximate surface area is 155 Å². The molecule has 1 aromatic carbocycles. The topological polar surface area (TPSA) is 98.9 Å². The van der Waals surface area contributed by atoms with Crippen molar-refractivity contribution in [3.8, 4) is 11.3 Å². The lowest BCUT2D eigenvalue weighted by atomic mass is 10.1. The quantitative estimate of drug-likeness (QED) is 0.689. The van der Waals surface area contributed by atoms with E-state index in [0.29, 0.717) is 5.69 Å². The van der Waals surface area contributed by atoms with Crippen molar-refractivity contribution in [3.05, 3.63) is 81.3 Å². The molecule has 0 aliphatic carbocycles. The average molecular weight is 365 g/mol. The van der Waals surface area contributed by atoms with Gasteiger partial charge >= 0.3 is 0 Å². The number of amides is 1. The third-order valence-corrected chi connectivity index (χ3v) is 3.97. The van der Waals surface area contributed by atoms with Gasteiger partial charge in [0.1, 0.15) is 6.54 Å². The lowest BCUT2D eigenvalue weighted by Crippen LogP contribution is -2.35. The third-order valence-electron chi connectivity index (χ3n) is 3.97. The van der Waals surface area contributed by atoms with Crippen LogP contribution in [0.15, 0.2) is 64.6 Å². The molecular weight excluding hydrogens is 346 g/mol. The summed E-state index contributed by atoms with van der Waals surface area (Å²) in [5, 5.41) is 6.57.